The molecule has 1 N–H and O–H groups in total. The largest absolute Gasteiger partial charge is 0.497 e. The van der Waals surface area contributed by atoms with Crippen LogP contribution in [-0.2, 0) is 17.3 Å². The van der Waals surface area contributed by atoms with E-state index in [1.807, 2.05) is 36.4 Å². The van der Waals surface area contributed by atoms with Crippen molar-refractivity contribution in [2.75, 3.05) is 33.2 Å². The maximum absolute atomic E-state index is 13.9. The van der Waals surface area contributed by atoms with Crippen LogP contribution in [0.5, 0.6) is 17.2 Å². The normalized spacial score (nSPS) is 17.0. The first kappa shape index (κ1) is 29.9. The maximum Gasteiger partial charge on any atom is 0.416 e. The quantitative estimate of drug-likeness (QED) is 0.326. The number of nitrogens with zero attached hydrogens (tertiary/aromatic N) is 1. The minimum Gasteiger partial charge on any atom is -0.497 e. The molecule has 1 aliphatic heterocycles. The average molecular weight is 573 g/mol. The first-order valence-electron chi connectivity index (χ1n) is 13.2. The number of rotatable bonds is 7. The van der Waals surface area contributed by atoms with Crippen LogP contribution >= 0.6 is 0 Å². The van der Waals surface area contributed by atoms with E-state index in [1.54, 1.807) is 53.1 Å². The number of carbonyl (C=O) groups is 1. The predicted molar refractivity (Wildman–Crippen MR) is 150 cm³/mol. The van der Waals surface area contributed by atoms with Gasteiger partial charge in [-0.2, -0.15) is 13.2 Å². The Bertz CT molecular complexity index is 1370. The second-order valence-corrected chi connectivity index (χ2v) is 10.8. The van der Waals surface area contributed by atoms with Gasteiger partial charge in [-0.3, -0.25) is 4.90 Å². The second-order valence-electron chi connectivity index (χ2n) is 10.8. The molecule has 1 heterocycles. The zero-order chi connectivity index (χ0) is 29.9. The molecule has 41 heavy (non-hydrogen) atoms. The number of benzene rings is 3. The van der Waals surface area contributed by atoms with Gasteiger partial charge in [0.25, 0.3) is 0 Å². The van der Waals surface area contributed by atoms with Crippen molar-refractivity contribution in [2.45, 2.75) is 51.1 Å². The van der Waals surface area contributed by atoms with Crippen LogP contribution < -0.4 is 19.5 Å². The highest BCUT2D eigenvalue weighted by Gasteiger charge is 2.41. The Morgan fingerprint density at radius 3 is 2.17 bits per heavy atom. The van der Waals surface area contributed by atoms with Crippen molar-refractivity contribution in [3.8, 4) is 17.2 Å². The summed E-state index contributed by atoms with van der Waals surface area (Å²) in [5.41, 5.74) is 1.30. The molecule has 1 aliphatic rings. The van der Waals surface area contributed by atoms with Crippen molar-refractivity contribution in [1.29, 1.82) is 0 Å². The summed E-state index contributed by atoms with van der Waals surface area (Å²) in [6.45, 7) is 5.53. The van der Waals surface area contributed by atoms with Gasteiger partial charge in [-0.15, -0.1) is 0 Å². The van der Waals surface area contributed by atoms with E-state index >= 15 is 0 Å². The van der Waals surface area contributed by atoms with Crippen LogP contribution in [0, 0.1) is 0 Å². The molecule has 220 valence electrons. The van der Waals surface area contributed by atoms with Crippen LogP contribution in [0.2, 0.25) is 0 Å². The number of anilines is 1. The molecular weight excluding hydrogens is 537 g/mol. The van der Waals surface area contributed by atoms with Crippen molar-refractivity contribution in [3.63, 3.8) is 0 Å². The Kier molecular flexibility index (Phi) is 8.60. The summed E-state index contributed by atoms with van der Waals surface area (Å²) in [6, 6.07) is 15.0. The third kappa shape index (κ3) is 6.81. The Balaban J connectivity index is 1.82. The van der Waals surface area contributed by atoms with E-state index in [1.165, 1.54) is 6.07 Å². The van der Waals surface area contributed by atoms with Gasteiger partial charge in [-0.25, -0.2) is 4.79 Å². The molecule has 10 heteroatoms. The van der Waals surface area contributed by atoms with Crippen LogP contribution in [0.1, 0.15) is 49.1 Å². The molecule has 2 atom stereocenters. The standard InChI is InChI=1S/C31H35F3N2O5/c1-30(2,3)41-29(37)36-23(18-35-22-9-7-8-21(16-22)31(32,33)34)14-20-15-26(39-5)27(40-6)17-25(20)28(36)19-10-12-24(38-4)13-11-19/h7-13,15-17,23,28,35H,14,18H2,1-6H3/t23-,28-/m0/s1. The lowest BCUT2D eigenvalue weighted by atomic mass is 9.84. The van der Waals surface area contributed by atoms with E-state index in [2.05, 4.69) is 5.32 Å². The molecule has 0 fully saturated rings. The lowest BCUT2D eigenvalue weighted by Gasteiger charge is -2.44. The summed E-state index contributed by atoms with van der Waals surface area (Å²) in [7, 11) is 4.67. The summed E-state index contributed by atoms with van der Waals surface area (Å²) < 4.78 is 62.4. The molecule has 3 aromatic rings. The van der Waals surface area contributed by atoms with E-state index in [0.29, 0.717) is 29.4 Å². The lowest BCUT2D eigenvalue weighted by molar-refractivity contribution is -0.137. The van der Waals surface area contributed by atoms with E-state index in [0.717, 1.165) is 28.8 Å². The third-order valence-electron chi connectivity index (χ3n) is 6.83. The molecule has 0 bridgehead atoms. The minimum absolute atomic E-state index is 0.168. The number of carbonyl (C=O) groups excluding carboxylic acids is 1. The lowest BCUT2D eigenvalue weighted by Crippen LogP contribution is -2.52. The van der Waals surface area contributed by atoms with Gasteiger partial charge >= 0.3 is 12.3 Å². The number of nitrogens with one attached hydrogen (secondary N) is 1. The summed E-state index contributed by atoms with van der Waals surface area (Å²) in [5, 5.41) is 3.12. The molecule has 3 aromatic carbocycles. The average Bonchev–Trinajstić information content (AvgIpc) is 2.93. The summed E-state index contributed by atoms with van der Waals surface area (Å²) >= 11 is 0. The topological polar surface area (TPSA) is 69.3 Å². The molecule has 7 nitrogen and oxygen atoms in total. The number of hydrogen-bond donors (Lipinski definition) is 1. The van der Waals surface area contributed by atoms with Gasteiger partial charge in [0.1, 0.15) is 11.4 Å². The van der Waals surface area contributed by atoms with E-state index in [9.17, 15) is 18.0 Å². The fourth-order valence-electron chi connectivity index (χ4n) is 4.99. The maximum atomic E-state index is 13.9. The van der Waals surface area contributed by atoms with Gasteiger partial charge in [-0.1, -0.05) is 18.2 Å². The number of fused-ring (bicyclic) bond motifs is 1. The number of amides is 1. The Morgan fingerprint density at radius 2 is 1.59 bits per heavy atom. The van der Waals surface area contributed by atoms with Gasteiger partial charge in [0.05, 0.1) is 39.0 Å². The first-order chi connectivity index (χ1) is 19.3. The number of hydrogen-bond acceptors (Lipinski definition) is 6. The Morgan fingerprint density at radius 1 is 0.927 bits per heavy atom. The highest BCUT2D eigenvalue weighted by Crippen LogP contribution is 2.44. The number of methoxy groups -OCH3 is 3. The third-order valence-corrected chi connectivity index (χ3v) is 6.83. The summed E-state index contributed by atoms with van der Waals surface area (Å²) in [4.78, 5) is 15.5. The van der Waals surface area contributed by atoms with E-state index < -0.39 is 35.5 Å². The van der Waals surface area contributed by atoms with Crippen molar-refractivity contribution in [1.82, 2.24) is 4.90 Å². The molecule has 1 amide bonds. The summed E-state index contributed by atoms with van der Waals surface area (Å²) in [5.74, 6) is 1.70. The van der Waals surface area contributed by atoms with Crippen molar-refractivity contribution in [2.24, 2.45) is 0 Å². The van der Waals surface area contributed by atoms with Gasteiger partial charge in [0.2, 0.25) is 0 Å². The highest BCUT2D eigenvalue weighted by molar-refractivity contribution is 5.72. The highest BCUT2D eigenvalue weighted by atomic mass is 19.4. The zero-order valence-corrected chi connectivity index (χ0v) is 24.0. The fraction of sp³-hybridized carbons (Fsp3) is 0.387. The van der Waals surface area contributed by atoms with Crippen LogP contribution in [0.3, 0.4) is 0 Å². The molecule has 0 aromatic heterocycles. The fourth-order valence-corrected chi connectivity index (χ4v) is 4.99. The molecule has 0 radical (unpaired) electrons. The van der Waals surface area contributed by atoms with Crippen LogP contribution in [0.15, 0.2) is 60.7 Å². The monoisotopic (exact) mass is 572 g/mol. The molecule has 0 aliphatic carbocycles. The van der Waals surface area contributed by atoms with Gasteiger partial charge in [-0.05, 0) is 86.3 Å². The van der Waals surface area contributed by atoms with Crippen LogP contribution in [0.4, 0.5) is 23.7 Å². The predicted octanol–water partition coefficient (Wildman–Crippen LogP) is 7.09. The van der Waals surface area contributed by atoms with Gasteiger partial charge in [0, 0.05) is 12.2 Å². The molecule has 0 saturated carbocycles. The zero-order valence-electron chi connectivity index (χ0n) is 24.0. The molecule has 0 unspecified atom stereocenters. The Labute approximate surface area is 238 Å². The minimum atomic E-state index is -4.47. The van der Waals surface area contributed by atoms with Crippen molar-refractivity contribution < 1.29 is 36.9 Å². The number of alkyl halides is 3. The smallest absolute Gasteiger partial charge is 0.416 e. The van der Waals surface area contributed by atoms with E-state index in [-0.39, 0.29) is 6.54 Å². The van der Waals surface area contributed by atoms with E-state index in [4.69, 9.17) is 18.9 Å². The van der Waals surface area contributed by atoms with Crippen molar-refractivity contribution in [3.05, 3.63) is 82.9 Å². The molecule has 0 spiro atoms. The number of halogens is 3. The Hall–Kier alpha value is -4.08. The summed E-state index contributed by atoms with van der Waals surface area (Å²) in [6.07, 6.45) is -4.62. The van der Waals surface area contributed by atoms with Crippen LogP contribution in [-0.4, -0.2) is 50.5 Å². The molecule has 0 saturated heterocycles. The SMILES string of the molecule is COc1ccc([C@H]2c3cc(OC)c(OC)cc3C[C@@H](CNc3cccc(C(F)(F)F)c3)N2C(=O)OC(C)(C)C)cc1. The van der Waals surface area contributed by atoms with Gasteiger partial charge in [0.15, 0.2) is 11.5 Å². The van der Waals surface area contributed by atoms with Crippen LogP contribution in [0.25, 0.3) is 0 Å². The molecule has 4 rings (SSSR count). The van der Waals surface area contributed by atoms with Gasteiger partial charge < -0.3 is 24.3 Å². The first-order valence-corrected chi connectivity index (χ1v) is 13.2. The van der Waals surface area contributed by atoms with Crippen molar-refractivity contribution >= 4 is 11.8 Å². The molecular formula is C31H35F3N2O5. The second kappa shape index (κ2) is 11.8. The number of ether oxygens (including phenoxy) is 4.